The number of ether oxygens (including phenoxy) is 1. The molecule has 0 aromatic carbocycles. The lowest BCUT2D eigenvalue weighted by molar-refractivity contribution is -0.0182. The lowest BCUT2D eigenvalue weighted by Crippen LogP contribution is -2.44. The predicted octanol–water partition coefficient (Wildman–Crippen LogP) is 2.61. The molecule has 1 aliphatic carbocycles. The van der Waals surface area contributed by atoms with Crippen molar-refractivity contribution in [1.29, 1.82) is 0 Å². The molecule has 4 nitrogen and oxygen atoms in total. The van der Waals surface area contributed by atoms with Gasteiger partial charge in [-0.25, -0.2) is 4.98 Å². The van der Waals surface area contributed by atoms with Crippen LogP contribution in [-0.4, -0.2) is 49.3 Å². The van der Waals surface area contributed by atoms with Crippen LogP contribution in [-0.2, 0) is 11.3 Å². The van der Waals surface area contributed by atoms with Gasteiger partial charge >= 0.3 is 0 Å². The Hall–Kier alpha value is -0.490. The van der Waals surface area contributed by atoms with Gasteiger partial charge in [-0.2, -0.15) is 0 Å². The highest BCUT2D eigenvalue weighted by molar-refractivity contribution is 7.09. The smallest absolute Gasteiger partial charge is 0.0959 e. The summed E-state index contributed by atoms with van der Waals surface area (Å²) in [4.78, 5) is 7.17. The Bertz CT molecular complexity index is 431. The van der Waals surface area contributed by atoms with Gasteiger partial charge in [0.15, 0.2) is 0 Å². The van der Waals surface area contributed by atoms with E-state index in [-0.39, 0.29) is 0 Å². The van der Waals surface area contributed by atoms with Crippen molar-refractivity contribution in [1.82, 2.24) is 15.2 Å². The Morgan fingerprint density at radius 2 is 2.24 bits per heavy atom. The van der Waals surface area contributed by atoms with Crippen molar-refractivity contribution < 1.29 is 4.74 Å². The standard InChI is InChI=1S/C16H27N3OS/c1-19-7-8-20-15(11-19)10-17-9-14-12-21-16(18-14)13-5-3-2-4-6-13/h12-13,15,17H,2-11H2,1H3/t15-/m1/s1. The number of aromatic nitrogens is 1. The SMILES string of the molecule is CN1CCO[C@H](CNCc2csc(C3CCCCC3)n2)C1. The summed E-state index contributed by atoms with van der Waals surface area (Å²) in [5, 5.41) is 7.09. The minimum atomic E-state index is 0.320. The minimum Gasteiger partial charge on any atom is -0.374 e. The fourth-order valence-corrected chi connectivity index (χ4v) is 4.28. The zero-order chi connectivity index (χ0) is 14.5. The van der Waals surface area contributed by atoms with Gasteiger partial charge in [0.05, 0.1) is 23.4 Å². The van der Waals surface area contributed by atoms with Crippen LogP contribution in [0, 0.1) is 0 Å². The molecule has 2 heterocycles. The molecule has 1 aliphatic heterocycles. The van der Waals surface area contributed by atoms with Crippen molar-refractivity contribution in [2.75, 3.05) is 33.3 Å². The molecule has 1 aromatic heterocycles. The Kier molecular flexibility index (Phi) is 5.63. The van der Waals surface area contributed by atoms with Gasteiger partial charge < -0.3 is 15.0 Å². The zero-order valence-corrected chi connectivity index (χ0v) is 13.8. The largest absolute Gasteiger partial charge is 0.374 e. The first kappa shape index (κ1) is 15.4. The molecule has 118 valence electrons. The van der Waals surface area contributed by atoms with Crippen LogP contribution in [0.5, 0.6) is 0 Å². The maximum Gasteiger partial charge on any atom is 0.0959 e. The predicted molar refractivity (Wildman–Crippen MR) is 86.9 cm³/mol. The molecular formula is C16H27N3OS. The van der Waals surface area contributed by atoms with E-state index in [4.69, 9.17) is 9.72 Å². The van der Waals surface area contributed by atoms with Gasteiger partial charge in [0.2, 0.25) is 0 Å². The molecule has 1 atom stereocenters. The second-order valence-corrected chi connectivity index (χ2v) is 7.29. The molecule has 0 radical (unpaired) electrons. The first-order chi connectivity index (χ1) is 10.3. The third-order valence-corrected chi connectivity index (χ3v) is 5.60. The van der Waals surface area contributed by atoms with E-state index in [1.165, 1.54) is 42.8 Å². The molecule has 1 N–H and O–H groups in total. The zero-order valence-electron chi connectivity index (χ0n) is 13.0. The Morgan fingerprint density at radius 3 is 3.05 bits per heavy atom. The quantitative estimate of drug-likeness (QED) is 0.907. The summed E-state index contributed by atoms with van der Waals surface area (Å²) < 4.78 is 5.76. The second kappa shape index (κ2) is 7.68. The second-order valence-electron chi connectivity index (χ2n) is 6.40. The number of morpholine rings is 1. The molecule has 0 bridgehead atoms. The monoisotopic (exact) mass is 309 g/mol. The highest BCUT2D eigenvalue weighted by Gasteiger charge is 2.19. The number of hydrogen-bond donors (Lipinski definition) is 1. The van der Waals surface area contributed by atoms with Crippen LogP contribution in [0.1, 0.15) is 48.7 Å². The topological polar surface area (TPSA) is 37.4 Å². The summed E-state index contributed by atoms with van der Waals surface area (Å²) in [6, 6.07) is 0. The molecule has 0 amide bonds. The van der Waals surface area contributed by atoms with Crippen LogP contribution in [0.4, 0.5) is 0 Å². The van der Waals surface area contributed by atoms with E-state index < -0.39 is 0 Å². The van der Waals surface area contributed by atoms with E-state index >= 15 is 0 Å². The third-order valence-electron chi connectivity index (χ3n) is 4.54. The Morgan fingerprint density at radius 1 is 1.38 bits per heavy atom. The summed E-state index contributed by atoms with van der Waals surface area (Å²) in [5.41, 5.74) is 1.20. The number of nitrogens with one attached hydrogen (secondary N) is 1. The van der Waals surface area contributed by atoms with E-state index in [0.717, 1.165) is 38.7 Å². The van der Waals surface area contributed by atoms with Crippen molar-refractivity contribution >= 4 is 11.3 Å². The molecule has 3 rings (SSSR count). The molecule has 21 heavy (non-hydrogen) atoms. The maximum absolute atomic E-state index is 5.76. The summed E-state index contributed by atoms with van der Waals surface area (Å²) in [6.07, 6.45) is 7.16. The Labute approximate surface area is 131 Å². The highest BCUT2D eigenvalue weighted by Crippen LogP contribution is 2.34. The summed E-state index contributed by atoms with van der Waals surface area (Å²) >= 11 is 1.85. The molecule has 1 saturated heterocycles. The van der Waals surface area contributed by atoms with Gasteiger partial charge in [0, 0.05) is 37.5 Å². The van der Waals surface area contributed by atoms with Crippen molar-refractivity contribution in [3.8, 4) is 0 Å². The fourth-order valence-electron chi connectivity index (χ4n) is 3.29. The van der Waals surface area contributed by atoms with Crippen LogP contribution in [0.15, 0.2) is 5.38 Å². The molecule has 0 spiro atoms. The van der Waals surface area contributed by atoms with Crippen molar-refractivity contribution in [2.24, 2.45) is 0 Å². The van der Waals surface area contributed by atoms with E-state index in [9.17, 15) is 0 Å². The van der Waals surface area contributed by atoms with E-state index in [2.05, 4.69) is 22.6 Å². The highest BCUT2D eigenvalue weighted by atomic mass is 32.1. The van der Waals surface area contributed by atoms with Crippen molar-refractivity contribution in [3.05, 3.63) is 16.1 Å². The summed E-state index contributed by atoms with van der Waals surface area (Å²) in [7, 11) is 2.16. The summed E-state index contributed by atoms with van der Waals surface area (Å²) in [6.45, 7) is 4.71. The van der Waals surface area contributed by atoms with Gasteiger partial charge in [-0.1, -0.05) is 19.3 Å². The van der Waals surface area contributed by atoms with Gasteiger partial charge in [-0.3, -0.25) is 0 Å². The lowest BCUT2D eigenvalue weighted by atomic mass is 9.90. The third kappa shape index (κ3) is 4.49. The first-order valence-corrected chi connectivity index (χ1v) is 9.14. The van der Waals surface area contributed by atoms with E-state index in [1.807, 2.05) is 11.3 Å². The molecule has 5 heteroatoms. The van der Waals surface area contributed by atoms with Crippen molar-refractivity contribution in [3.63, 3.8) is 0 Å². The fraction of sp³-hybridized carbons (Fsp3) is 0.812. The molecule has 0 unspecified atom stereocenters. The first-order valence-electron chi connectivity index (χ1n) is 8.26. The van der Waals surface area contributed by atoms with Gasteiger partial charge in [-0.15, -0.1) is 11.3 Å². The molecule has 1 saturated carbocycles. The van der Waals surface area contributed by atoms with Crippen LogP contribution < -0.4 is 5.32 Å². The normalized spacial score (nSPS) is 25.3. The van der Waals surface area contributed by atoms with Gasteiger partial charge in [0.1, 0.15) is 0 Å². The van der Waals surface area contributed by atoms with E-state index in [1.54, 1.807) is 0 Å². The van der Waals surface area contributed by atoms with E-state index in [0.29, 0.717) is 6.10 Å². The average molecular weight is 309 g/mol. The van der Waals surface area contributed by atoms with Crippen molar-refractivity contribution in [2.45, 2.75) is 50.7 Å². The van der Waals surface area contributed by atoms with Crippen LogP contribution in [0.3, 0.4) is 0 Å². The number of thiazole rings is 1. The van der Waals surface area contributed by atoms with Crippen LogP contribution >= 0.6 is 11.3 Å². The average Bonchev–Trinajstić information content (AvgIpc) is 2.97. The molecular weight excluding hydrogens is 282 g/mol. The van der Waals surface area contributed by atoms with Gasteiger partial charge in [-0.05, 0) is 19.9 Å². The minimum absolute atomic E-state index is 0.320. The number of rotatable bonds is 5. The molecule has 1 aromatic rings. The maximum atomic E-state index is 5.76. The number of likely N-dealkylation sites (N-methyl/N-ethyl adjacent to an activating group) is 1. The lowest BCUT2D eigenvalue weighted by Gasteiger charge is -2.30. The molecule has 2 fully saturated rings. The van der Waals surface area contributed by atoms with Gasteiger partial charge in [0.25, 0.3) is 0 Å². The van der Waals surface area contributed by atoms with Crippen LogP contribution in [0.25, 0.3) is 0 Å². The molecule has 2 aliphatic rings. The van der Waals surface area contributed by atoms with Crippen LogP contribution in [0.2, 0.25) is 0 Å². The Balaban J connectivity index is 1.42. The summed E-state index contributed by atoms with van der Waals surface area (Å²) in [5.74, 6) is 0.729. The number of nitrogens with zero attached hydrogens (tertiary/aromatic N) is 2. The number of hydrogen-bond acceptors (Lipinski definition) is 5.